The van der Waals surface area contributed by atoms with Gasteiger partial charge in [-0.15, -0.1) is 0 Å². The summed E-state index contributed by atoms with van der Waals surface area (Å²) < 4.78 is 16.4. The highest BCUT2D eigenvalue weighted by Gasteiger charge is 2.17. The van der Waals surface area contributed by atoms with Crippen molar-refractivity contribution in [1.29, 1.82) is 0 Å². The second-order valence-electron chi connectivity index (χ2n) is 6.50. The number of aromatic nitrogens is 2. The molecule has 0 spiro atoms. The molecule has 1 aromatic carbocycles. The molecule has 7 heteroatoms. The summed E-state index contributed by atoms with van der Waals surface area (Å²) in [5.74, 6) is -0.0577. The van der Waals surface area contributed by atoms with Crippen LogP contribution in [0.15, 0.2) is 76.3 Å². The van der Waals surface area contributed by atoms with Crippen molar-refractivity contribution in [1.82, 2.24) is 9.97 Å². The highest BCUT2D eigenvalue weighted by Crippen LogP contribution is 2.24. The molecule has 3 heterocycles. The Morgan fingerprint density at radius 3 is 2.77 bits per heavy atom. The standard InChI is InChI=1S/C23H18N2O5/c1-2-15-7-8-18-16(12-21(26)30-20(18)11-15)14-28-23(27)19-6-4-10-25-22(19)29-17-5-3-9-24-13-17/h3-13H,2,14H2,1H3. The number of ether oxygens (including phenoxy) is 2. The fourth-order valence-electron chi connectivity index (χ4n) is 2.98. The maximum absolute atomic E-state index is 12.7. The molecule has 4 aromatic rings. The zero-order valence-corrected chi connectivity index (χ0v) is 16.2. The van der Waals surface area contributed by atoms with Gasteiger partial charge in [0.05, 0.1) is 6.20 Å². The molecule has 0 aliphatic carbocycles. The van der Waals surface area contributed by atoms with Crippen LogP contribution >= 0.6 is 0 Å². The van der Waals surface area contributed by atoms with Crippen LogP contribution in [-0.2, 0) is 17.8 Å². The first-order valence-electron chi connectivity index (χ1n) is 9.39. The molecule has 0 N–H and O–H groups in total. The number of esters is 1. The summed E-state index contributed by atoms with van der Waals surface area (Å²) in [6, 6.07) is 13.6. The summed E-state index contributed by atoms with van der Waals surface area (Å²) in [7, 11) is 0. The van der Waals surface area contributed by atoms with Crippen LogP contribution in [0.5, 0.6) is 11.6 Å². The van der Waals surface area contributed by atoms with Gasteiger partial charge in [0.1, 0.15) is 23.5 Å². The first kappa shape index (κ1) is 19.3. The van der Waals surface area contributed by atoms with Crippen molar-refractivity contribution >= 4 is 16.9 Å². The number of carbonyl (C=O) groups excluding carboxylic acids is 1. The first-order chi connectivity index (χ1) is 14.6. The summed E-state index contributed by atoms with van der Waals surface area (Å²) >= 11 is 0. The maximum atomic E-state index is 12.7. The molecule has 0 radical (unpaired) electrons. The molecular formula is C23H18N2O5. The molecule has 30 heavy (non-hydrogen) atoms. The molecule has 0 aliphatic rings. The van der Waals surface area contributed by atoms with Gasteiger partial charge < -0.3 is 13.9 Å². The number of fused-ring (bicyclic) bond motifs is 1. The van der Waals surface area contributed by atoms with Gasteiger partial charge in [0, 0.05) is 29.4 Å². The summed E-state index contributed by atoms with van der Waals surface area (Å²) in [5.41, 5.74) is 1.75. The van der Waals surface area contributed by atoms with Gasteiger partial charge in [0.15, 0.2) is 0 Å². The van der Waals surface area contributed by atoms with E-state index in [9.17, 15) is 9.59 Å². The molecule has 0 saturated heterocycles. The minimum atomic E-state index is -0.617. The van der Waals surface area contributed by atoms with Crippen molar-refractivity contribution in [3.63, 3.8) is 0 Å². The molecule has 0 saturated carbocycles. The third-order valence-corrected chi connectivity index (χ3v) is 4.50. The van der Waals surface area contributed by atoms with Gasteiger partial charge in [0.25, 0.3) is 0 Å². The molecule has 0 atom stereocenters. The predicted molar refractivity (Wildman–Crippen MR) is 110 cm³/mol. The monoisotopic (exact) mass is 402 g/mol. The van der Waals surface area contributed by atoms with E-state index in [1.54, 1.807) is 30.5 Å². The third-order valence-electron chi connectivity index (χ3n) is 4.50. The molecule has 0 amide bonds. The number of carbonyl (C=O) groups is 1. The van der Waals surface area contributed by atoms with E-state index in [1.807, 2.05) is 25.1 Å². The Hall–Kier alpha value is -4.00. The lowest BCUT2D eigenvalue weighted by Gasteiger charge is -2.10. The normalized spacial score (nSPS) is 10.7. The Bertz CT molecular complexity index is 1250. The SMILES string of the molecule is CCc1ccc2c(COC(=O)c3cccnc3Oc3cccnc3)cc(=O)oc2c1. The third kappa shape index (κ3) is 4.20. The molecule has 0 unspecified atom stereocenters. The lowest BCUT2D eigenvalue weighted by atomic mass is 10.1. The number of pyridine rings is 2. The van der Waals surface area contributed by atoms with E-state index in [0.717, 1.165) is 17.4 Å². The Balaban J connectivity index is 1.57. The lowest BCUT2D eigenvalue weighted by Crippen LogP contribution is -2.09. The van der Waals surface area contributed by atoms with Crippen LogP contribution < -0.4 is 10.4 Å². The highest BCUT2D eigenvalue weighted by atomic mass is 16.5. The molecule has 0 aliphatic heterocycles. The zero-order valence-electron chi connectivity index (χ0n) is 16.2. The first-order valence-corrected chi connectivity index (χ1v) is 9.39. The summed E-state index contributed by atoms with van der Waals surface area (Å²) in [5, 5.41) is 0.720. The second-order valence-corrected chi connectivity index (χ2v) is 6.50. The number of hydrogen-bond acceptors (Lipinski definition) is 7. The van der Waals surface area contributed by atoms with Crippen molar-refractivity contribution in [3.05, 3.63) is 94.2 Å². The average molecular weight is 402 g/mol. The van der Waals surface area contributed by atoms with Crippen molar-refractivity contribution in [2.24, 2.45) is 0 Å². The van der Waals surface area contributed by atoms with Gasteiger partial charge in [-0.1, -0.05) is 19.1 Å². The zero-order chi connectivity index (χ0) is 20.9. The van der Waals surface area contributed by atoms with E-state index in [-0.39, 0.29) is 18.1 Å². The summed E-state index contributed by atoms with van der Waals surface area (Å²) in [6.45, 7) is 1.93. The van der Waals surface area contributed by atoms with Gasteiger partial charge in [-0.25, -0.2) is 14.6 Å². The molecular weight excluding hydrogens is 384 g/mol. The van der Waals surface area contributed by atoms with Crippen molar-refractivity contribution in [2.45, 2.75) is 20.0 Å². The van der Waals surface area contributed by atoms with Crippen LogP contribution in [0.25, 0.3) is 11.0 Å². The molecule has 4 rings (SSSR count). The van der Waals surface area contributed by atoms with Gasteiger partial charge in [-0.05, 0) is 42.3 Å². The average Bonchev–Trinajstić information content (AvgIpc) is 2.77. The van der Waals surface area contributed by atoms with Gasteiger partial charge in [-0.2, -0.15) is 0 Å². The topological polar surface area (TPSA) is 91.5 Å². The number of aryl methyl sites for hydroxylation is 1. The largest absolute Gasteiger partial charge is 0.457 e. The lowest BCUT2D eigenvalue weighted by molar-refractivity contribution is 0.0470. The van der Waals surface area contributed by atoms with E-state index >= 15 is 0 Å². The van der Waals surface area contributed by atoms with Gasteiger partial charge in [-0.3, -0.25) is 4.98 Å². The highest BCUT2D eigenvalue weighted by molar-refractivity contribution is 5.92. The quantitative estimate of drug-likeness (QED) is 0.351. The van der Waals surface area contributed by atoms with Gasteiger partial charge in [0.2, 0.25) is 5.88 Å². The van der Waals surface area contributed by atoms with Crippen LogP contribution in [0.3, 0.4) is 0 Å². The van der Waals surface area contributed by atoms with Crippen LogP contribution in [0.4, 0.5) is 0 Å². The smallest absolute Gasteiger partial charge is 0.344 e. The van der Waals surface area contributed by atoms with Crippen LogP contribution in [0.2, 0.25) is 0 Å². The predicted octanol–water partition coefficient (Wildman–Crippen LogP) is 4.29. The fraction of sp³-hybridized carbons (Fsp3) is 0.130. The second kappa shape index (κ2) is 8.57. The minimum absolute atomic E-state index is 0.0897. The Labute approximate surface area is 171 Å². The van der Waals surface area contributed by atoms with Gasteiger partial charge >= 0.3 is 11.6 Å². The Morgan fingerprint density at radius 2 is 1.97 bits per heavy atom. The summed E-state index contributed by atoms with van der Waals surface area (Å²) in [4.78, 5) is 32.7. The van der Waals surface area contributed by atoms with E-state index in [0.29, 0.717) is 16.9 Å². The molecule has 3 aromatic heterocycles. The van der Waals surface area contributed by atoms with E-state index in [1.165, 1.54) is 18.5 Å². The van der Waals surface area contributed by atoms with Crippen molar-refractivity contribution < 1.29 is 18.7 Å². The maximum Gasteiger partial charge on any atom is 0.344 e. The number of hydrogen-bond donors (Lipinski definition) is 0. The number of rotatable bonds is 6. The summed E-state index contributed by atoms with van der Waals surface area (Å²) in [6.07, 6.45) is 5.47. The molecule has 0 bridgehead atoms. The number of benzene rings is 1. The van der Waals surface area contributed by atoms with E-state index < -0.39 is 11.6 Å². The van der Waals surface area contributed by atoms with E-state index in [4.69, 9.17) is 13.9 Å². The molecule has 150 valence electrons. The van der Waals surface area contributed by atoms with Crippen molar-refractivity contribution in [2.75, 3.05) is 0 Å². The Morgan fingerprint density at radius 1 is 1.10 bits per heavy atom. The molecule has 7 nitrogen and oxygen atoms in total. The number of nitrogens with zero attached hydrogens (tertiary/aromatic N) is 2. The van der Waals surface area contributed by atoms with Crippen LogP contribution in [0.1, 0.15) is 28.4 Å². The minimum Gasteiger partial charge on any atom is -0.457 e. The van der Waals surface area contributed by atoms with Crippen LogP contribution in [0, 0.1) is 0 Å². The molecule has 0 fully saturated rings. The fourth-order valence-corrected chi connectivity index (χ4v) is 2.98. The van der Waals surface area contributed by atoms with Crippen molar-refractivity contribution in [3.8, 4) is 11.6 Å². The Kier molecular flexibility index (Phi) is 5.52. The van der Waals surface area contributed by atoms with E-state index in [2.05, 4.69) is 9.97 Å². The van der Waals surface area contributed by atoms with Crippen LogP contribution in [-0.4, -0.2) is 15.9 Å².